The molecule has 126 valence electrons. The van der Waals surface area contributed by atoms with Crippen molar-refractivity contribution in [1.82, 2.24) is 0 Å². The van der Waals surface area contributed by atoms with Gasteiger partial charge in [0.25, 0.3) is 0 Å². The molecule has 0 bridgehead atoms. The summed E-state index contributed by atoms with van der Waals surface area (Å²) in [4.78, 5) is -0.150. The second-order valence-corrected chi connectivity index (χ2v) is 9.05. The molecule has 0 saturated carbocycles. The van der Waals surface area contributed by atoms with Crippen LogP contribution in [0.2, 0.25) is 0 Å². The fraction of sp³-hybridized carbons (Fsp3) is 0. The van der Waals surface area contributed by atoms with Gasteiger partial charge < -0.3 is 4.55 Å². The monoisotopic (exact) mass is 403 g/mol. The first-order valence-electron chi connectivity index (χ1n) is 7.26. The number of benzene rings is 1. The quantitative estimate of drug-likeness (QED) is 0.406. The van der Waals surface area contributed by atoms with E-state index in [1.54, 1.807) is 23.5 Å². The maximum atomic E-state index is 12.1. The lowest BCUT2D eigenvalue weighted by molar-refractivity contribution is 0.463. The van der Waals surface area contributed by atoms with Gasteiger partial charge in [0, 0.05) is 11.1 Å². The molecule has 0 aliphatic carbocycles. The smallest absolute Gasteiger partial charge is 0.125 e. The maximum absolute atomic E-state index is 12.1. The summed E-state index contributed by atoms with van der Waals surface area (Å²) in [6.07, 6.45) is 0. The number of hydrogen-bond donors (Lipinski definition) is 0. The highest BCUT2D eigenvalue weighted by molar-refractivity contribution is 7.86. The molecule has 7 heteroatoms. The van der Waals surface area contributed by atoms with Crippen molar-refractivity contribution in [1.29, 1.82) is 0 Å². The van der Waals surface area contributed by atoms with Crippen LogP contribution in [0.25, 0.3) is 33.4 Å². The molecular formula is C18H11O3S4-. The first-order valence-corrected chi connectivity index (χ1v) is 11.5. The molecule has 4 rings (SSSR count). The Morgan fingerprint density at radius 3 is 1.48 bits per heavy atom. The Balaban J connectivity index is 2.11. The highest BCUT2D eigenvalue weighted by atomic mass is 32.2. The molecule has 0 spiro atoms. The van der Waals surface area contributed by atoms with Crippen LogP contribution in [-0.4, -0.2) is 13.0 Å². The van der Waals surface area contributed by atoms with E-state index >= 15 is 0 Å². The van der Waals surface area contributed by atoms with E-state index in [9.17, 15) is 13.0 Å². The second kappa shape index (κ2) is 6.51. The normalized spacial score (nSPS) is 11.7. The molecule has 0 N–H and O–H groups in total. The molecule has 0 atom stereocenters. The summed E-state index contributed by atoms with van der Waals surface area (Å²) in [6.45, 7) is 0. The highest BCUT2D eigenvalue weighted by Gasteiger charge is 2.20. The van der Waals surface area contributed by atoms with E-state index in [1.165, 1.54) is 22.7 Å². The van der Waals surface area contributed by atoms with Crippen LogP contribution >= 0.6 is 34.0 Å². The van der Waals surface area contributed by atoms with Gasteiger partial charge in [-0.3, -0.25) is 0 Å². The zero-order valence-electron chi connectivity index (χ0n) is 12.7. The number of rotatable bonds is 4. The zero-order chi connectivity index (χ0) is 17.4. The van der Waals surface area contributed by atoms with E-state index in [2.05, 4.69) is 0 Å². The minimum atomic E-state index is -4.64. The average molecular weight is 404 g/mol. The fourth-order valence-electron chi connectivity index (χ4n) is 2.76. The molecule has 4 aromatic rings. The van der Waals surface area contributed by atoms with Crippen LogP contribution in [0.3, 0.4) is 0 Å². The van der Waals surface area contributed by atoms with Gasteiger partial charge in [0.05, 0.1) is 4.90 Å². The predicted molar refractivity (Wildman–Crippen MR) is 104 cm³/mol. The van der Waals surface area contributed by atoms with Crippen molar-refractivity contribution in [3.63, 3.8) is 0 Å². The highest BCUT2D eigenvalue weighted by Crippen LogP contribution is 2.41. The predicted octanol–water partition coefficient (Wildman–Crippen LogP) is 5.78. The summed E-state index contributed by atoms with van der Waals surface area (Å²) >= 11 is 4.51. The molecule has 3 nitrogen and oxygen atoms in total. The van der Waals surface area contributed by atoms with Crippen LogP contribution in [0, 0.1) is 0 Å². The van der Waals surface area contributed by atoms with Crippen LogP contribution in [0.15, 0.2) is 67.5 Å². The van der Waals surface area contributed by atoms with Crippen LogP contribution in [-0.2, 0) is 10.1 Å². The minimum absolute atomic E-state index is 0.150. The molecule has 0 saturated heterocycles. The Kier molecular flexibility index (Phi) is 4.35. The molecule has 3 heterocycles. The molecule has 0 aliphatic rings. The maximum Gasteiger partial charge on any atom is 0.125 e. The first-order chi connectivity index (χ1) is 12.0. The summed E-state index contributed by atoms with van der Waals surface area (Å²) in [7, 11) is -4.64. The molecule has 0 radical (unpaired) electrons. The third kappa shape index (κ3) is 3.21. The molecule has 0 aliphatic heterocycles. The van der Waals surface area contributed by atoms with Crippen molar-refractivity contribution in [2.75, 3.05) is 0 Å². The van der Waals surface area contributed by atoms with Gasteiger partial charge in [-0.1, -0.05) is 0 Å². The van der Waals surface area contributed by atoms with Crippen LogP contribution in [0.4, 0.5) is 0 Å². The Bertz CT molecular complexity index is 1040. The Morgan fingerprint density at radius 1 is 0.680 bits per heavy atom. The van der Waals surface area contributed by atoms with Gasteiger partial charge in [0.2, 0.25) is 0 Å². The summed E-state index contributed by atoms with van der Waals surface area (Å²) in [5.41, 5.74) is 4.31. The molecule has 25 heavy (non-hydrogen) atoms. The standard InChI is InChI=1S/C18H12O3S4/c19-25(20,21)18-16(13-2-5-23-10-13)7-15(12-1-4-22-9-12)8-17(18)14-3-6-24-11-14/h1-11H,(H,19,20,21)/p-1. The van der Waals surface area contributed by atoms with E-state index in [4.69, 9.17) is 0 Å². The van der Waals surface area contributed by atoms with Crippen LogP contribution in [0.1, 0.15) is 0 Å². The van der Waals surface area contributed by atoms with Crippen molar-refractivity contribution in [3.8, 4) is 33.4 Å². The molecule has 3 aromatic heterocycles. The number of hydrogen-bond acceptors (Lipinski definition) is 6. The summed E-state index contributed by atoms with van der Waals surface area (Å²) in [6, 6.07) is 9.25. The lowest BCUT2D eigenvalue weighted by Gasteiger charge is -2.19. The fourth-order valence-corrected chi connectivity index (χ4v) is 5.63. The molecule has 0 fully saturated rings. The van der Waals surface area contributed by atoms with E-state index in [0.717, 1.165) is 22.3 Å². The van der Waals surface area contributed by atoms with E-state index < -0.39 is 10.1 Å². The Morgan fingerprint density at radius 2 is 1.12 bits per heavy atom. The summed E-state index contributed by atoms with van der Waals surface area (Å²) in [5, 5.41) is 11.4. The van der Waals surface area contributed by atoms with Crippen molar-refractivity contribution in [2.45, 2.75) is 4.90 Å². The van der Waals surface area contributed by atoms with E-state index in [0.29, 0.717) is 11.1 Å². The molecular weight excluding hydrogens is 392 g/mol. The Labute approximate surface area is 157 Å². The molecule has 0 unspecified atom stereocenters. The average Bonchev–Trinajstić information content (AvgIpc) is 3.36. The van der Waals surface area contributed by atoms with Gasteiger partial charge in [0.15, 0.2) is 0 Å². The van der Waals surface area contributed by atoms with Crippen LogP contribution < -0.4 is 0 Å². The second-order valence-electron chi connectivity index (χ2n) is 5.39. The zero-order valence-corrected chi connectivity index (χ0v) is 16.0. The van der Waals surface area contributed by atoms with Gasteiger partial charge in [0.1, 0.15) is 10.1 Å². The first kappa shape index (κ1) is 16.7. The SMILES string of the molecule is O=S(=O)([O-])c1c(-c2ccsc2)cc(-c2ccsc2)cc1-c1ccsc1. The van der Waals surface area contributed by atoms with Gasteiger partial charge in [-0.25, -0.2) is 8.42 Å². The lowest BCUT2D eigenvalue weighted by Crippen LogP contribution is -2.04. The van der Waals surface area contributed by atoms with Crippen molar-refractivity contribution in [3.05, 3.63) is 62.6 Å². The van der Waals surface area contributed by atoms with Crippen molar-refractivity contribution in [2.24, 2.45) is 0 Å². The third-order valence-electron chi connectivity index (χ3n) is 3.86. The van der Waals surface area contributed by atoms with Crippen LogP contribution in [0.5, 0.6) is 0 Å². The Hall–Kier alpha value is -1.77. The third-order valence-corrected chi connectivity index (χ3v) is 6.85. The topological polar surface area (TPSA) is 57.2 Å². The molecule has 1 aromatic carbocycles. The molecule has 0 amide bonds. The van der Waals surface area contributed by atoms with E-state index in [-0.39, 0.29) is 4.90 Å². The van der Waals surface area contributed by atoms with Gasteiger partial charge in [-0.05, 0) is 84.9 Å². The minimum Gasteiger partial charge on any atom is -0.744 e. The van der Waals surface area contributed by atoms with Gasteiger partial charge >= 0.3 is 0 Å². The lowest BCUT2D eigenvalue weighted by atomic mass is 9.96. The number of thiophene rings is 3. The van der Waals surface area contributed by atoms with Crippen molar-refractivity contribution < 1.29 is 13.0 Å². The largest absolute Gasteiger partial charge is 0.744 e. The summed E-state index contributed by atoms with van der Waals surface area (Å²) in [5.74, 6) is 0. The van der Waals surface area contributed by atoms with Gasteiger partial charge in [-0.15, -0.1) is 0 Å². The van der Waals surface area contributed by atoms with Gasteiger partial charge in [-0.2, -0.15) is 34.0 Å². The summed E-state index contributed by atoms with van der Waals surface area (Å²) < 4.78 is 36.3. The van der Waals surface area contributed by atoms with E-state index in [1.807, 2.05) is 50.5 Å². The van der Waals surface area contributed by atoms with Crippen molar-refractivity contribution >= 4 is 44.1 Å².